The largest absolute Gasteiger partial charge is 0.303 e. The van der Waals surface area contributed by atoms with Crippen molar-refractivity contribution in [3.63, 3.8) is 0 Å². The molecule has 0 fully saturated rings. The van der Waals surface area contributed by atoms with Gasteiger partial charge in [-0.05, 0) is 28.7 Å². The number of carbonyl (C=O) groups is 1. The highest BCUT2D eigenvalue weighted by atomic mass is 16.1. The first-order chi connectivity index (χ1) is 10.3. The molecule has 22 heavy (non-hydrogen) atoms. The molecule has 2 aromatic rings. The lowest BCUT2D eigenvalue weighted by molar-refractivity contribution is 0.101. The van der Waals surface area contributed by atoms with E-state index in [1.165, 1.54) is 12.5 Å². The summed E-state index contributed by atoms with van der Waals surface area (Å²) in [5.74, 6) is -0.0789. The summed E-state index contributed by atoms with van der Waals surface area (Å²) in [6, 6.07) is 13.4. The van der Waals surface area contributed by atoms with Gasteiger partial charge in [-0.2, -0.15) is 0 Å². The van der Waals surface area contributed by atoms with E-state index in [1.54, 1.807) is 18.2 Å². The Morgan fingerprint density at radius 3 is 2.32 bits per heavy atom. The molecule has 0 aliphatic carbocycles. The maximum absolute atomic E-state index is 11.4. The zero-order valence-electron chi connectivity index (χ0n) is 13.6. The van der Waals surface area contributed by atoms with Crippen LogP contribution in [0.25, 0.3) is 0 Å². The Balaban J connectivity index is 2.30. The molecule has 1 heterocycles. The van der Waals surface area contributed by atoms with Gasteiger partial charge in [0.1, 0.15) is 5.69 Å². The van der Waals surface area contributed by atoms with Crippen molar-refractivity contribution in [1.82, 2.24) is 4.98 Å². The Morgan fingerprint density at radius 2 is 1.68 bits per heavy atom. The van der Waals surface area contributed by atoms with Crippen LogP contribution in [0.4, 0.5) is 0 Å². The summed E-state index contributed by atoms with van der Waals surface area (Å²) < 4.78 is 0. The quantitative estimate of drug-likeness (QED) is 0.679. The number of carbonyl (C=O) groups excluding carboxylic acids is 1. The zero-order chi connectivity index (χ0) is 16.3. The topological polar surface area (TPSA) is 53.8 Å². The third-order valence-electron chi connectivity index (χ3n) is 3.61. The highest BCUT2D eigenvalue weighted by Crippen LogP contribution is 2.26. The Kier molecular flexibility index (Phi) is 4.55. The summed E-state index contributed by atoms with van der Waals surface area (Å²) in [5.41, 5.74) is 3.81. The molecule has 0 atom stereocenters. The third kappa shape index (κ3) is 3.67. The van der Waals surface area contributed by atoms with Crippen molar-refractivity contribution >= 4 is 11.5 Å². The minimum Gasteiger partial charge on any atom is -0.303 e. The van der Waals surface area contributed by atoms with Crippen LogP contribution in [0, 0.1) is 5.41 Å². The Morgan fingerprint density at radius 1 is 1.05 bits per heavy atom. The number of Topliss-reactive ketones (excluding diaryl/α,β-unsaturated/α-hetero) is 1. The molecule has 0 saturated carbocycles. The second-order valence-corrected chi connectivity index (χ2v) is 6.53. The first-order valence-electron chi connectivity index (χ1n) is 7.43. The minimum atomic E-state index is -0.0789. The number of pyridine rings is 1. The number of nitrogens with zero attached hydrogens (tertiary/aromatic N) is 1. The number of rotatable bonds is 4. The lowest BCUT2D eigenvalue weighted by Crippen LogP contribution is -2.17. The molecule has 0 amide bonds. The minimum absolute atomic E-state index is 0.0333. The summed E-state index contributed by atoms with van der Waals surface area (Å²) in [6.45, 7) is 8.00. The van der Waals surface area contributed by atoms with E-state index in [0.29, 0.717) is 23.5 Å². The number of ketones is 1. The maximum atomic E-state index is 11.4. The van der Waals surface area contributed by atoms with Crippen LogP contribution in [0.3, 0.4) is 0 Å². The summed E-state index contributed by atoms with van der Waals surface area (Å²) in [7, 11) is 0. The molecule has 2 rings (SSSR count). The van der Waals surface area contributed by atoms with Crippen LogP contribution in [0.1, 0.15) is 55.0 Å². The molecule has 3 nitrogen and oxygen atoms in total. The van der Waals surface area contributed by atoms with Crippen molar-refractivity contribution in [2.24, 2.45) is 0 Å². The van der Waals surface area contributed by atoms with Crippen molar-refractivity contribution in [2.75, 3.05) is 0 Å². The number of aromatic nitrogens is 1. The first kappa shape index (κ1) is 16.1. The normalized spacial score (nSPS) is 11.3. The molecule has 1 aromatic heterocycles. The fourth-order valence-electron chi connectivity index (χ4n) is 2.49. The Labute approximate surface area is 131 Å². The molecular weight excluding hydrogens is 272 g/mol. The van der Waals surface area contributed by atoms with Crippen LogP contribution in [0.5, 0.6) is 0 Å². The summed E-state index contributed by atoms with van der Waals surface area (Å²) in [6.07, 6.45) is 0.516. The van der Waals surface area contributed by atoms with Crippen molar-refractivity contribution in [3.8, 4) is 0 Å². The second kappa shape index (κ2) is 6.22. The van der Waals surface area contributed by atoms with Crippen LogP contribution >= 0.6 is 0 Å². The van der Waals surface area contributed by atoms with Crippen LogP contribution in [0.15, 0.2) is 42.5 Å². The van der Waals surface area contributed by atoms with E-state index in [4.69, 9.17) is 5.41 Å². The van der Waals surface area contributed by atoms with Gasteiger partial charge in [0.05, 0.1) is 11.4 Å². The average Bonchev–Trinajstić information content (AvgIpc) is 2.46. The van der Waals surface area contributed by atoms with E-state index in [1.807, 2.05) is 12.1 Å². The van der Waals surface area contributed by atoms with E-state index in [-0.39, 0.29) is 11.2 Å². The number of nitrogens with one attached hydrogen (secondary N) is 1. The highest BCUT2D eigenvalue weighted by Gasteiger charge is 2.18. The Hall–Kier alpha value is -2.29. The molecule has 3 heteroatoms. The van der Waals surface area contributed by atoms with E-state index in [2.05, 4.69) is 37.9 Å². The van der Waals surface area contributed by atoms with Gasteiger partial charge in [-0.15, -0.1) is 0 Å². The van der Waals surface area contributed by atoms with E-state index in [0.717, 1.165) is 5.56 Å². The van der Waals surface area contributed by atoms with Crippen LogP contribution in [0.2, 0.25) is 0 Å². The fraction of sp³-hybridized carbons (Fsp3) is 0.316. The van der Waals surface area contributed by atoms with Gasteiger partial charge in [0.15, 0.2) is 5.78 Å². The number of hydrogen-bond donors (Lipinski definition) is 1. The fourth-order valence-corrected chi connectivity index (χ4v) is 2.49. The van der Waals surface area contributed by atoms with Crippen molar-refractivity contribution in [1.29, 1.82) is 5.41 Å². The Bertz CT molecular complexity index is 711. The summed E-state index contributed by atoms with van der Waals surface area (Å²) in [5, 5.41) is 8.33. The third-order valence-corrected chi connectivity index (χ3v) is 3.61. The van der Waals surface area contributed by atoms with Gasteiger partial charge in [-0.1, -0.05) is 51.1 Å². The first-order valence-corrected chi connectivity index (χ1v) is 7.43. The predicted octanol–water partition coefficient (Wildman–Crippen LogP) is 4.19. The van der Waals surface area contributed by atoms with E-state index < -0.39 is 0 Å². The van der Waals surface area contributed by atoms with Crippen molar-refractivity contribution in [3.05, 3.63) is 65.0 Å². The summed E-state index contributed by atoms with van der Waals surface area (Å²) in [4.78, 5) is 15.7. The lowest BCUT2D eigenvalue weighted by Gasteiger charge is -2.23. The van der Waals surface area contributed by atoms with E-state index in [9.17, 15) is 4.79 Å². The number of benzene rings is 1. The van der Waals surface area contributed by atoms with Gasteiger partial charge in [0, 0.05) is 13.3 Å². The molecule has 114 valence electrons. The SMILES string of the molecule is CC(=O)c1cccc(C(=N)Cc2ccccc2C(C)(C)C)n1. The maximum Gasteiger partial charge on any atom is 0.178 e. The van der Waals surface area contributed by atoms with Gasteiger partial charge in [0.2, 0.25) is 0 Å². The molecule has 1 aromatic carbocycles. The lowest BCUT2D eigenvalue weighted by atomic mass is 9.82. The monoisotopic (exact) mass is 294 g/mol. The smallest absolute Gasteiger partial charge is 0.178 e. The van der Waals surface area contributed by atoms with Crippen LogP contribution in [-0.4, -0.2) is 16.5 Å². The van der Waals surface area contributed by atoms with Gasteiger partial charge in [-0.3, -0.25) is 4.79 Å². The van der Waals surface area contributed by atoms with Crippen LogP contribution < -0.4 is 0 Å². The molecular formula is C19H22N2O. The molecule has 1 N–H and O–H groups in total. The van der Waals surface area contributed by atoms with Gasteiger partial charge < -0.3 is 5.41 Å². The molecule has 0 bridgehead atoms. The van der Waals surface area contributed by atoms with Gasteiger partial charge >= 0.3 is 0 Å². The molecule has 0 aliphatic heterocycles. The van der Waals surface area contributed by atoms with Gasteiger partial charge in [-0.25, -0.2) is 4.98 Å². The highest BCUT2D eigenvalue weighted by molar-refractivity contribution is 5.99. The molecule has 0 radical (unpaired) electrons. The number of hydrogen-bond acceptors (Lipinski definition) is 3. The predicted molar refractivity (Wildman–Crippen MR) is 89.9 cm³/mol. The van der Waals surface area contributed by atoms with Crippen molar-refractivity contribution < 1.29 is 4.79 Å². The second-order valence-electron chi connectivity index (χ2n) is 6.53. The molecule has 0 unspecified atom stereocenters. The molecule has 0 aliphatic rings. The zero-order valence-corrected chi connectivity index (χ0v) is 13.6. The standard InChI is InChI=1S/C19H22N2O/c1-13(22)17-10-7-11-18(21-17)16(20)12-14-8-5-6-9-15(14)19(2,3)4/h5-11,20H,12H2,1-4H3. The van der Waals surface area contributed by atoms with E-state index >= 15 is 0 Å². The molecule has 0 spiro atoms. The van der Waals surface area contributed by atoms with Gasteiger partial charge in [0.25, 0.3) is 0 Å². The average molecular weight is 294 g/mol. The summed E-state index contributed by atoms with van der Waals surface area (Å²) >= 11 is 0. The molecule has 0 saturated heterocycles. The van der Waals surface area contributed by atoms with Crippen LogP contribution in [-0.2, 0) is 11.8 Å². The van der Waals surface area contributed by atoms with Crippen molar-refractivity contribution in [2.45, 2.75) is 39.5 Å².